The Bertz CT molecular complexity index is 508. The summed E-state index contributed by atoms with van der Waals surface area (Å²) in [5, 5.41) is 0.421. The molecule has 13 heavy (non-hydrogen) atoms. The van der Waals surface area contributed by atoms with Crippen LogP contribution in [0.15, 0.2) is 35.3 Å². The van der Waals surface area contributed by atoms with Crippen molar-refractivity contribution in [1.82, 2.24) is 4.57 Å². The highest BCUT2D eigenvalue weighted by molar-refractivity contribution is 5.79. The van der Waals surface area contributed by atoms with Crippen molar-refractivity contribution in [2.75, 3.05) is 0 Å². The predicted octanol–water partition coefficient (Wildman–Crippen LogP) is 1.68. The first-order valence-corrected chi connectivity index (χ1v) is 3.94. The molecule has 0 aliphatic heterocycles. The van der Waals surface area contributed by atoms with Gasteiger partial charge in [-0.25, -0.2) is 4.39 Å². The molecule has 1 aromatic heterocycles. The molecule has 2 aromatic rings. The first-order chi connectivity index (χ1) is 6.20. The number of hydrogen-bond donors (Lipinski definition) is 0. The summed E-state index contributed by atoms with van der Waals surface area (Å²) in [6, 6.07) is 5.95. The standard InChI is InChI=1S/C10H8FNO/c1-12-6-5-9(13)7-3-2-4-8(11)10(7)12/h2-6H,1H3. The van der Waals surface area contributed by atoms with Crippen molar-refractivity contribution in [2.45, 2.75) is 0 Å². The SMILES string of the molecule is Cn1ccc(=O)c2cccc(F)c21. The Balaban J connectivity index is 3.09. The van der Waals surface area contributed by atoms with Crippen molar-refractivity contribution in [3.05, 3.63) is 46.5 Å². The lowest BCUT2D eigenvalue weighted by molar-refractivity contribution is 0.630. The first kappa shape index (κ1) is 7.98. The van der Waals surface area contributed by atoms with Gasteiger partial charge in [0.05, 0.1) is 5.52 Å². The summed E-state index contributed by atoms with van der Waals surface area (Å²) in [6.45, 7) is 0. The lowest BCUT2D eigenvalue weighted by Gasteiger charge is -2.04. The Labute approximate surface area is 74.2 Å². The fourth-order valence-corrected chi connectivity index (χ4v) is 1.42. The van der Waals surface area contributed by atoms with Gasteiger partial charge in [0.25, 0.3) is 0 Å². The van der Waals surface area contributed by atoms with Gasteiger partial charge in [-0.1, -0.05) is 6.07 Å². The van der Waals surface area contributed by atoms with Crippen LogP contribution in [-0.4, -0.2) is 4.57 Å². The summed E-state index contributed by atoms with van der Waals surface area (Å²) in [5.41, 5.74) is 0.211. The third-order valence-electron chi connectivity index (χ3n) is 2.05. The van der Waals surface area contributed by atoms with Crippen LogP contribution >= 0.6 is 0 Å². The summed E-state index contributed by atoms with van der Waals surface area (Å²) >= 11 is 0. The third-order valence-corrected chi connectivity index (χ3v) is 2.05. The van der Waals surface area contributed by atoms with Crippen molar-refractivity contribution >= 4 is 10.9 Å². The molecule has 0 amide bonds. The fraction of sp³-hybridized carbons (Fsp3) is 0.100. The van der Waals surface area contributed by atoms with E-state index in [1.807, 2.05) is 0 Å². The fourth-order valence-electron chi connectivity index (χ4n) is 1.42. The molecule has 2 rings (SSSR count). The molecule has 66 valence electrons. The minimum Gasteiger partial charge on any atom is -0.348 e. The molecular formula is C10H8FNO. The van der Waals surface area contributed by atoms with Gasteiger partial charge in [-0.05, 0) is 12.1 Å². The van der Waals surface area contributed by atoms with Crippen LogP contribution in [-0.2, 0) is 7.05 Å². The number of para-hydroxylation sites is 1. The average Bonchev–Trinajstić information content (AvgIpc) is 2.12. The van der Waals surface area contributed by atoms with Crippen LogP contribution in [0.5, 0.6) is 0 Å². The molecule has 0 saturated carbocycles. The smallest absolute Gasteiger partial charge is 0.189 e. The summed E-state index contributed by atoms with van der Waals surface area (Å²) in [6.07, 6.45) is 1.56. The maximum Gasteiger partial charge on any atom is 0.189 e. The quantitative estimate of drug-likeness (QED) is 0.600. The molecule has 0 radical (unpaired) electrons. The van der Waals surface area contributed by atoms with Crippen LogP contribution in [0.3, 0.4) is 0 Å². The molecule has 0 unspecified atom stereocenters. The molecule has 0 atom stereocenters. The number of nitrogens with zero attached hydrogens (tertiary/aromatic N) is 1. The van der Waals surface area contributed by atoms with Gasteiger partial charge in [-0.2, -0.15) is 0 Å². The number of fused-ring (bicyclic) bond motifs is 1. The molecule has 0 N–H and O–H groups in total. The predicted molar refractivity (Wildman–Crippen MR) is 49.1 cm³/mol. The van der Waals surface area contributed by atoms with Crippen LogP contribution in [0, 0.1) is 5.82 Å². The Kier molecular flexibility index (Phi) is 1.65. The van der Waals surface area contributed by atoms with Crippen molar-refractivity contribution in [3.8, 4) is 0 Å². The van der Waals surface area contributed by atoms with E-state index in [4.69, 9.17) is 0 Å². The zero-order chi connectivity index (χ0) is 9.42. The van der Waals surface area contributed by atoms with Gasteiger partial charge in [0.15, 0.2) is 5.43 Å². The highest BCUT2D eigenvalue weighted by Crippen LogP contribution is 2.12. The van der Waals surface area contributed by atoms with Crippen LogP contribution in [0.4, 0.5) is 4.39 Å². The van der Waals surface area contributed by atoms with Gasteiger partial charge < -0.3 is 4.57 Å². The van der Waals surface area contributed by atoms with E-state index in [0.29, 0.717) is 10.9 Å². The largest absolute Gasteiger partial charge is 0.348 e. The van der Waals surface area contributed by atoms with E-state index in [1.165, 1.54) is 12.1 Å². The number of aromatic nitrogens is 1. The van der Waals surface area contributed by atoms with E-state index in [2.05, 4.69) is 0 Å². The second-order valence-corrected chi connectivity index (χ2v) is 2.93. The molecule has 0 bridgehead atoms. The number of aryl methyl sites for hydroxylation is 1. The van der Waals surface area contributed by atoms with Crippen molar-refractivity contribution in [1.29, 1.82) is 0 Å². The Morgan fingerprint density at radius 1 is 1.31 bits per heavy atom. The van der Waals surface area contributed by atoms with Gasteiger partial charge in [-0.15, -0.1) is 0 Å². The van der Waals surface area contributed by atoms with Crippen LogP contribution in [0.2, 0.25) is 0 Å². The molecular weight excluding hydrogens is 169 g/mol. The zero-order valence-electron chi connectivity index (χ0n) is 7.12. The van der Waals surface area contributed by atoms with Crippen LogP contribution < -0.4 is 5.43 Å². The van der Waals surface area contributed by atoms with Crippen molar-refractivity contribution < 1.29 is 4.39 Å². The molecule has 0 saturated heterocycles. The molecule has 2 nitrogen and oxygen atoms in total. The normalized spacial score (nSPS) is 10.6. The Hall–Kier alpha value is -1.64. The lowest BCUT2D eigenvalue weighted by atomic mass is 10.2. The van der Waals surface area contributed by atoms with Gasteiger partial charge >= 0.3 is 0 Å². The van der Waals surface area contributed by atoms with Crippen LogP contribution in [0.25, 0.3) is 10.9 Å². The van der Waals surface area contributed by atoms with E-state index < -0.39 is 0 Å². The number of pyridine rings is 1. The van der Waals surface area contributed by atoms with E-state index in [9.17, 15) is 9.18 Å². The lowest BCUT2D eigenvalue weighted by Crippen LogP contribution is -2.06. The van der Waals surface area contributed by atoms with Gasteiger partial charge in [0, 0.05) is 24.7 Å². The second-order valence-electron chi connectivity index (χ2n) is 2.93. The van der Waals surface area contributed by atoms with Gasteiger partial charge in [0.2, 0.25) is 0 Å². The van der Waals surface area contributed by atoms with Gasteiger partial charge in [-0.3, -0.25) is 4.79 Å². The van der Waals surface area contributed by atoms with E-state index in [1.54, 1.807) is 29.9 Å². The molecule has 0 aliphatic carbocycles. The topological polar surface area (TPSA) is 22.0 Å². The van der Waals surface area contributed by atoms with Crippen LogP contribution in [0.1, 0.15) is 0 Å². The maximum atomic E-state index is 13.3. The Morgan fingerprint density at radius 3 is 2.77 bits per heavy atom. The number of rotatable bonds is 0. The summed E-state index contributed by atoms with van der Waals surface area (Å²) in [4.78, 5) is 11.3. The van der Waals surface area contributed by atoms with E-state index in [0.717, 1.165) is 0 Å². The zero-order valence-corrected chi connectivity index (χ0v) is 7.12. The Morgan fingerprint density at radius 2 is 2.08 bits per heavy atom. The number of benzene rings is 1. The minimum atomic E-state index is -0.363. The summed E-state index contributed by atoms with van der Waals surface area (Å²) < 4.78 is 14.9. The summed E-state index contributed by atoms with van der Waals surface area (Å²) in [5.74, 6) is -0.363. The van der Waals surface area contributed by atoms with E-state index in [-0.39, 0.29) is 11.2 Å². The van der Waals surface area contributed by atoms with E-state index >= 15 is 0 Å². The van der Waals surface area contributed by atoms with Gasteiger partial charge in [0.1, 0.15) is 5.82 Å². The second kappa shape index (κ2) is 2.69. The maximum absolute atomic E-state index is 13.3. The monoisotopic (exact) mass is 177 g/mol. The summed E-state index contributed by atoms with van der Waals surface area (Å²) in [7, 11) is 1.71. The molecule has 0 aliphatic rings. The molecule has 1 aromatic carbocycles. The molecule has 3 heteroatoms. The first-order valence-electron chi connectivity index (χ1n) is 3.94. The number of hydrogen-bond acceptors (Lipinski definition) is 1. The highest BCUT2D eigenvalue weighted by Gasteiger charge is 2.04. The van der Waals surface area contributed by atoms with Crippen molar-refractivity contribution in [3.63, 3.8) is 0 Å². The van der Waals surface area contributed by atoms with Crippen molar-refractivity contribution in [2.24, 2.45) is 7.05 Å². The molecule has 0 spiro atoms. The highest BCUT2D eigenvalue weighted by atomic mass is 19.1. The minimum absolute atomic E-state index is 0.146. The molecule has 1 heterocycles. The number of halogens is 1. The average molecular weight is 177 g/mol. The third kappa shape index (κ3) is 1.13. The molecule has 0 fully saturated rings.